The number of aryl methyl sites for hydroxylation is 1. The molecule has 2 aromatic heterocycles. The molecule has 8 nitrogen and oxygen atoms in total. The van der Waals surface area contributed by atoms with Crippen molar-refractivity contribution in [3.63, 3.8) is 0 Å². The van der Waals surface area contributed by atoms with Gasteiger partial charge in [-0.1, -0.05) is 41.9 Å². The average Bonchev–Trinajstić information content (AvgIpc) is 3.43. The van der Waals surface area contributed by atoms with E-state index in [2.05, 4.69) is 32.4 Å². The van der Waals surface area contributed by atoms with Crippen LogP contribution in [0.1, 0.15) is 12.0 Å². The van der Waals surface area contributed by atoms with Gasteiger partial charge in [-0.3, -0.25) is 0 Å². The molecule has 4 heterocycles. The van der Waals surface area contributed by atoms with Crippen LogP contribution in [0.25, 0.3) is 11.2 Å². The molecule has 2 aliphatic heterocycles. The molecule has 0 aliphatic carbocycles. The molecule has 30 heavy (non-hydrogen) atoms. The van der Waals surface area contributed by atoms with Gasteiger partial charge in [-0.05, 0) is 24.5 Å². The fourth-order valence-electron chi connectivity index (χ4n) is 3.91. The van der Waals surface area contributed by atoms with Crippen molar-refractivity contribution in [1.82, 2.24) is 15.0 Å². The molecule has 0 amide bonds. The third-order valence-electron chi connectivity index (χ3n) is 5.43. The summed E-state index contributed by atoms with van der Waals surface area (Å²) in [5, 5.41) is 13.7. The van der Waals surface area contributed by atoms with Gasteiger partial charge < -0.3 is 29.6 Å². The van der Waals surface area contributed by atoms with Crippen LogP contribution >= 0.6 is 11.6 Å². The minimum Gasteiger partial charge on any atom is -0.456 e. The number of imidazole rings is 1. The summed E-state index contributed by atoms with van der Waals surface area (Å²) < 4.78 is 17.1. The molecule has 2 unspecified atom stereocenters. The number of anilines is 1. The summed E-state index contributed by atoms with van der Waals surface area (Å²) in [6.07, 6.45) is 0.348. The van der Waals surface area contributed by atoms with Gasteiger partial charge in [0.05, 0.1) is 23.8 Å². The predicted molar refractivity (Wildman–Crippen MR) is 112 cm³/mol. The molecule has 0 radical (unpaired) electrons. The minimum atomic E-state index is -0.615. The maximum atomic E-state index is 9.85. The number of pyridine rings is 1. The Kier molecular flexibility index (Phi) is 5.47. The number of aliphatic hydroxyl groups excluding tert-OH is 1. The Labute approximate surface area is 178 Å². The van der Waals surface area contributed by atoms with Crippen LogP contribution < -0.4 is 10.1 Å². The zero-order valence-corrected chi connectivity index (χ0v) is 17.0. The second-order valence-electron chi connectivity index (χ2n) is 7.57. The van der Waals surface area contributed by atoms with Crippen molar-refractivity contribution >= 4 is 28.6 Å². The Balaban J connectivity index is 1.22. The monoisotopic (exact) mass is 430 g/mol. The number of hydrogen-bond donors (Lipinski definition) is 3. The number of nitrogens with zero attached hydrogens (tertiary/aromatic N) is 2. The van der Waals surface area contributed by atoms with Gasteiger partial charge in [-0.25, -0.2) is 4.98 Å². The Bertz CT molecular complexity index is 1010. The fraction of sp³-hybridized carbons (Fsp3) is 0.429. The Morgan fingerprint density at radius 2 is 2.00 bits per heavy atom. The zero-order valence-electron chi connectivity index (χ0n) is 16.3. The molecule has 3 N–H and O–H groups in total. The van der Waals surface area contributed by atoms with Crippen molar-refractivity contribution in [1.29, 1.82) is 0 Å². The predicted octanol–water partition coefficient (Wildman–Crippen LogP) is 2.56. The number of benzene rings is 1. The highest BCUT2D eigenvalue weighted by atomic mass is 35.5. The molecule has 158 valence electrons. The van der Waals surface area contributed by atoms with Crippen LogP contribution in [0.5, 0.6) is 6.01 Å². The van der Waals surface area contributed by atoms with E-state index in [9.17, 15) is 5.11 Å². The number of ether oxygens (including phenoxy) is 3. The first kappa shape index (κ1) is 19.6. The fourth-order valence-corrected chi connectivity index (χ4v) is 4.13. The number of halogens is 1. The molecule has 1 aromatic carbocycles. The van der Waals surface area contributed by atoms with Crippen LogP contribution in [0.4, 0.5) is 5.82 Å². The molecule has 4 atom stereocenters. The van der Waals surface area contributed by atoms with Crippen LogP contribution in [-0.4, -0.2) is 64.2 Å². The van der Waals surface area contributed by atoms with Gasteiger partial charge in [0.15, 0.2) is 11.8 Å². The lowest BCUT2D eigenvalue weighted by Crippen LogP contribution is -2.34. The van der Waals surface area contributed by atoms with Gasteiger partial charge >= 0.3 is 0 Å². The summed E-state index contributed by atoms with van der Waals surface area (Å²) in [7, 11) is 0. The molecule has 0 saturated carbocycles. The van der Waals surface area contributed by atoms with Crippen molar-refractivity contribution in [3.8, 4) is 6.01 Å². The summed E-state index contributed by atoms with van der Waals surface area (Å²) in [5.74, 6) is 0.599. The molecular formula is C21H23ClN4O4. The smallest absolute Gasteiger partial charge is 0.296 e. The molecule has 2 saturated heterocycles. The SMILES string of the molecule is O[C@@H]1COC2C1OC[C@H]2Oc1nc2nc(NCCCc3ccccc3)c(Cl)cc2[nH]1. The second kappa shape index (κ2) is 8.39. The molecule has 0 bridgehead atoms. The molecule has 3 aromatic rings. The number of nitrogens with one attached hydrogen (secondary N) is 2. The van der Waals surface area contributed by atoms with E-state index < -0.39 is 6.10 Å². The molecule has 5 rings (SSSR count). The third kappa shape index (κ3) is 3.96. The van der Waals surface area contributed by atoms with Crippen molar-refractivity contribution in [2.24, 2.45) is 0 Å². The van der Waals surface area contributed by atoms with E-state index >= 15 is 0 Å². The normalized spacial score (nSPS) is 25.5. The number of aromatic amines is 1. The Hall–Kier alpha value is -2.39. The van der Waals surface area contributed by atoms with Crippen LogP contribution in [0.2, 0.25) is 5.02 Å². The maximum absolute atomic E-state index is 9.85. The molecule has 2 fully saturated rings. The lowest BCUT2D eigenvalue weighted by Gasteiger charge is -2.15. The average molecular weight is 431 g/mol. The zero-order chi connectivity index (χ0) is 20.5. The van der Waals surface area contributed by atoms with E-state index in [4.69, 9.17) is 25.8 Å². The van der Waals surface area contributed by atoms with E-state index in [-0.39, 0.29) is 24.9 Å². The van der Waals surface area contributed by atoms with E-state index in [1.807, 2.05) is 18.2 Å². The summed E-state index contributed by atoms with van der Waals surface area (Å²) in [6, 6.07) is 12.5. The van der Waals surface area contributed by atoms with Gasteiger partial charge in [0.1, 0.15) is 24.1 Å². The quantitative estimate of drug-likeness (QED) is 0.495. The standard InChI is InChI=1S/C21H23ClN4O4/c22-13-9-14-20(25-19(13)23-8-4-7-12-5-2-1-3-6-12)26-21(24-14)30-16-11-29-17-15(27)10-28-18(16)17/h1-3,5-6,9,15-18,27H,4,7-8,10-11H2,(H2,23,24,25,26)/t15-,16-,17?,18?/m1/s1. The largest absolute Gasteiger partial charge is 0.456 e. The first-order valence-corrected chi connectivity index (χ1v) is 10.5. The molecular weight excluding hydrogens is 408 g/mol. The summed E-state index contributed by atoms with van der Waals surface area (Å²) >= 11 is 6.39. The van der Waals surface area contributed by atoms with Crippen LogP contribution in [-0.2, 0) is 15.9 Å². The molecule has 9 heteroatoms. The minimum absolute atomic E-state index is 0.256. The van der Waals surface area contributed by atoms with E-state index in [0.29, 0.717) is 34.6 Å². The topological polar surface area (TPSA) is 102 Å². The lowest BCUT2D eigenvalue weighted by atomic mass is 10.1. The first-order valence-electron chi connectivity index (χ1n) is 10.1. The Morgan fingerprint density at radius 3 is 2.87 bits per heavy atom. The molecule has 0 spiro atoms. The second-order valence-corrected chi connectivity index (χ2v) is 7.97. The number of aromatic nitrogens is 3. The number of aliphatic hydroxyl groups is 1. The number of rotatable bonds is 7. The summed E-state index contributed by atoms with van der Waals surface area (Å²) in [5.41, 5.74) is 2.51. The Morgan fingerprint density at radius 1 is 1.17 bits per heavy atom. The number of fused-ring (bicyclic) bond motifs is 2. The van der Waals surface area contributed by atoms with Crippen molar-refractivity contribution in [2.75, 3.05) is 25.1 Å². The number of H-pyrrole nitrogens is 1. The van der Waals surface area contributed by atoms with Gasteiger partial charge in [0.25, 0.3) is 6.01 Å². The van der Waals surface area contributed by atoms with E-state index in [0.717, 1.165) is 19.4 Å². The number of hydrogen-bond acceptors (Lipinski definition) is 7. The third-order valence-corrected chi connectivity index (χ3v) is 5.72. The summed E-state index contributed by atoms with van der Waals surface area (Å²) in [6.45, 7) is 1.35. The highest BCUT2D eigenvalue weighted by Gasteiger charge is 2.48. The van der Waals surface area contributed by atoms with Gasteiger partial charge in [-0.2, -0.15) is 4.98 Å². The van der Waals surface area contributed by atoms with Crippen molar-refractivity contribution < 1.29 is 19.3 Å². The lowest BCUT2D eigenvalue weighted by molar-refractivity contribution is 0.00706. The molecule has 2 aliphatic rings. The van der Waals surface area contributed by atoms with Crippen LogP contribution in [0.15, 0.2) is 36.4 Å². The van der Waals surface area contributed by atoms with Crippen LogP contribution in [0, 0.1) is 0 Å². The van der Waals surface area contributed by atoms with E-state index in [1.54, 1.807) is 6.07 Å². The van der Waals surface area contributed by atoms with Gasteiger partial charge in [0.2, 0.25) is 0 Å². The first-order chi connectivity index (χ1) is 14.7. The highest BCUT2D eigenvalue weighted by molar-refractivity contribution is 6.33. The van der Waals surface area contributed by atoms with Crippen molar-refractivity contribution in [3.05, 3.63) is 47.0 Å². The van der Waals surface area contributed by atoms with Gasteiger partial charge in [-0.15, -0.1) is 0 Å². The highest BCUT2D eigenvalue weighted by Crippen LogP contribution is 2.30. The van der Waals surface area contributed by atoms with Crippen LogP contribution in [0.3, 0.4) is 0 Å². The van der Waals surface area contributed by atoms with E-state index in [1.165, 1.54) is 5.56 Å². The van der Waals surface area contributed by atoms with Crippen molar-refractivity contribution in [2.45, 2.75) is 37.3 Å². The maximum Gasteiger partial charge on any atom is 0.296 e. The van der Waals surface area contributed by atoms with Gasteiger partial charge in [0, 0.05) is 6.54 Å². The summed E-state index contributed by atoms with van der Waals surface area (Å²) in [4.78, 5) is 12.0.